The summed E-state index contributed by atoms with van der Waals surface area (Å²) in [4.78, 5) is 21.1. The first-order valence-corrected chi connectivity index (χ1v) is 6.50. The van der Waals surface area contributed by atoms with E-state index in [1.54, 1.807) is 0 Å². The van der Waals surface area contributed by atoms with E-state index in [4.69, 9.17) is 10.2 Å². The van der Waals surface area contributed by atoms with E-state index in [1.165, 1.54) is 0 Å². The van der Waals surface area contributed by atoms with Gasteiger partial charge in [0.2, 0.25) is 0 Å². The number of carboxylic acids is 2. The van der Waals surface area contributed by atoms with Crippen LogP contribution < -0.4 is 0 Å². The van der Waals surface area contributed by atoms with Crippen LogP contribution in [-0.4, -0.2) is 22.2 Å². The van der Waals surface area contributed by atoms with Crippen LogP contribution in [0.5, 0.6) is 0 Å². The van der Waals surface area contributed by atoms with E-state index < -0.39 is 11.9 Å². The van der Waals surface area contributed by atoms with Crippen LogP contribution in [0.25, 0.3) is 10.8 Å². The molecule has 0 spiro atoms. The van der Waals surface area contributed by atoms with Crippen LogP contribution in [0.1, 0.15) is 24.0 Å². The van der Waals surface area contributed by atoms with Crippen molar-refractivity contribution in [2.45, 2.75) is 25.7 Å². The molecule has 0 aliphatic carbocycles. The molecule has 0 aromatic heterocycles. The molecule has 0 bridgehead atoms. The highest BCUT2D eigenvalue weighted by Gasteiger charge is 2.03. The van der Waals surface area contributed by atoms with Crippen molar-refractivity contribution >= 4 is 22.7 Å². The zero-order chi connectivity index (χ0) is 14.5. The molecule has 20 heavy (non-hydrogen) atoms. The molecule has 2 aromatic carbocycles. The fraction of sp³-hybridized carbons (Fsp3) is 0.250. The van der Waals surface area contributed by atoms with Crippen LogP contribution in [0.2, 0.25) is 0 Å². The quantitative estimate of drug-likeness (QED) is 0.848. The molecule has 0 aliphatic heterocycles. The molecule has 4 nitrogen and oxygen atoms in total. The minimum Gasteiger partial charge on any atom is -0.481 e. The van der Waals surface area contributed by atoms with Crippen molar-refractivity contribution in [3.63, 3.8) is 0 Å². The zero-order valence-electron chi connectivity index (χ0n) is 11.0. The molecule has 0 radical (unpaired) electrons. The summed E-state index contributed by atoms with van der Waals surface area (Å²) < 4.78 is 0. The Hall–Kier alpha value is -2.36. The van der Waals surface area contributed by atoms with Crippen molar-refractivity contribution in [1.29, 1.82) is 0 Å². The van der Waals surface area contributed by atoms with Gasteiger partial charge in [-0.3, -0.25) is 9.59 Å². The number of carbonyl (C=O) groups is 2. The van der Waals surface area contributed by atoms with Crippen molar-refractivity contribution in [3.8, 4) is 0 Å². The van der Waals surface area contributed by atoms with E-state index in [0.29, 0.717) is 12.8 Å². The van der Waals surface area contributed by atoms with Crippen LogP contribution >= 0.6 is 0 Å². The van der Waals surface area contributed by atoms with E-state index in [2.05, 4.69) is 0 Å². The summed E-state index contributed by atoms with van der Waals surface area (Å²) in [7, 11) is 0. The fourth-order valence-electron chi connectivity index (χ4n) is 2.16. The first-order valence-electron chi connectivity index (χ1n) is 6.50. The van der Waals surface area contributed by atoms with Gasteiger partial charge in [0.05, 0.1) is 0 Å². The standard InChI is InChI=1S/C16H16O4/c17-15(18)7-3-11-1-5-13-10-12(4-8-16(19)20)2-6-14(13)9-11/h1-2,5-6,9-10H,3-4,7-8H2,(H,17,18)(H,19,20). The average molecular weight is 272 g/mol. The number of hydrogen-bond acceptors (Lipinski definition) is 2. The molecule has 2 aromatic rings. The Morgan fingerprint density at radius 3 is 1.50 bits per heavy atom. The molecular weight excluding hydrogens is 256 g/mol. The summed E-state index contributed by atoms with van der Waals surface area (Å²) in [5.41, 5.74) is 2.00. The van der Waals surface area contributed by atoms with Gasteiger partial charge in [-0.05, 0) is 34.7 Å². The summed E-state index contributed by atoms with van der Waals surface area (Å²) in [5, 5.41) is 19.5. The number of aryl methyl sites for hydroxylation is 2. The van der Waals surface area contributed by atoms with Gasteiger partial charge in [-0.2, -0.15) is 0 Å². The van der Waals surface area contributed by atoms with E-state index in [0.717, 1.165) is 21.9 Å². The van der Waals surface area contributed by atoms with Crippen molar-refractivity contribution in [2.75, 3.05) is 0 Å². The monoisotopic (exact) mass is 272 g/mol. The highest BCUT2D eigenvalue weighted by atomic mass is 16.4. The van der Waals surface area contributed by atoms with Gasteiger partial charge < -0.3 is 10.2 Å². The fourth-order valence-corrected chi connectivity index (χ4v) is 2.16. The van der Waals surface area contributed by atoms with Gasteiger partial charge in [-0.1, -0.05) is 36.4 Å². The number of benzene rings is 2. The van der Waals surface area contributed by atoms with Crippen molar-refractivity contribution in [2.24, 2.45) is 0 Å². The molecule has 0 unspecified atom stereocenters. The van der Waals surface area contributed by atoms with Gasteiger partial charge in [0.15, 0.2) is 0 Å². The van der Waals surface area contributed by atoms with E-state index in [-0.39, 0.29) is 12.8 Å². The Kier molecular flexibility index (Phi) is 4.35. The van der Waals surface area contributed by atoms with Gasteiger partial charge in [0, 0.05) is 12.8 Å². The average Bonchev–Trinajstić information content (AvgIpc) is 2.42. The minimum atomic E-state index is -0.797. The number of aliphatic carboxylic acids is 2. The summed E-state index contributed by atoms with van der Waals surface area (Å²) in [6.07, 6.45) is 1.29. The number of rotatable bonds is 6. The van der Waals surface area contributed by atoms with Crippen LogP contribution in [0, 0.1) is 0 Å². The molecule has 0 saturated carbocycles. The molecule has 0 amide bonds. The van der Waals surface area contributed by atoms with Crippen LogP contribution in [0.15, 0.2) is 36.4 Å². The Morgan fingerprint density at radius 1 is 0.750 bits per heavy atom. The van der Waals surface area contributed by atoms with Gasteiger partial charge >= 0.3 is 11.9 Å². The third kappa shape index (κ3) is 3.82. The molecule has 0 heterocycles. The van der Waals surface area contributed by atoms with Gasteiger partial charge in [0.1, 0.15) is 0 Å². The second-order valence-corrected chi connectivity index (χ2v) is 4.80. The molecule has 4 heteroatoms. The highest BCUT2D eigenvalue weighted by molar-refractivity contribution is 5.84. The predicted molar refractivity (Wildman–Crippen MR) is 75.9 cm³/mol. The first-order chi connectivity index (χ1) is 9.54. The summed E-state index contributed by atoms with van der Waals surface area (Å²) in [6.45, 7) is 0. The summed E-state index contributed by atoms with van der Waals surface area (Å²) in [6, 6.07) is 11.7. The maximum Gasteiger partial charge on any atom is 0.303 e. The summed E-state index contributed by atoms with van der Waals surface area (Å²) >= 11 is 0. The Balaban J connectivity index is 2.16. The second kappa shape index (κ2) is 6.19. The van der Waals surface area contributed by atoms with E-state index >= 15 is 0 Å². The van der Waals surface area contributed by atoms with Gasteiger partial charge in [-0.15, -0.1) is 0 Å². The van der Waals surface area contributed by atoms with Crippen LogP contribution in [0.4, 0.5) is 0 Å². The third-order valence-electron chi connectivity index (χ3n) is 3.22. The lowest BCUT2D eigenvalue weighted by molar-refractivity contribution is -0.138. The van der Waals surface area contributed by atoms with Crippen molar-refractivity contribution < 1.29 is 19.8 Å². The first kappa shape index (κ1) is 14.1. The van der Waals surface area contributed by atoms with E-state index in [1.807, 2.05) is 36.4 Å². The molecule has 0 atom stereocenters. The molecule has 0 aliphatic rings. The molecular formula is C16H16O4. The highest BCUT2D eigenvalue weighted by Crippen LogP contribution is 2.19. The smallest absolute Gasteiger partial charge is 0.303 e. The maximum atomic E-state index is 10.6. The van der Waals surface area contributed by atoms with Crippen molar-refractivity contribution in [1.82, 2.24) is 0 Å². The molecule has 2 N–H and O–H groups in total. The maximum absolute atomic E-state index is 10.6. The van der Waals surface area contributed by atoms with Gasteiger partial charge in [-0.25, -0.2) is 0 Å². The van der Waals surface area contributed by atoms with Crippen molar-refractivity contribution in [3.05, 3.63) is 47.5 Å². The molecule has 0 saturated heterocycles. The Bertz CT molecular complexity index is 589. The largest absolute Gasteiger partial charge is 0.481 e. The van der Waals surface area contributed by atoms with Gasteiger partial charge in [0.25, 0.3) is 0 Å². The normalized spacial score (nSPS) is 10.6. The Labute approximate surface area is 116 Å². The summed E-state index contributed by atoms with van der Waals surface area (Å²) in [5.74, 6) is -1.59. The lowest BCUT2D eigenvalue weighted by atomic mass is 10.0. The Morgan fingerprint density at radius 2 is 1.15 bits per heavy atom. The third-order valence-corrected chi connectivity index (χ3v) is 3.22. The molecule has 0 fully saturated rings. The minimum absolute atomic E-state index is 0.127. The zero-order valence-corrected chi connectivity index (χ0v) is 11.0. The van der Waals surface area contributed by atoms with Crippen LogP contribution in [0.3, 0.4) is 0 Å². The SMILES string of the molecule is O=C(O)CCc1ccc2cc(CCC(=O)O)ccc2c1. The lowest BCUT2D eigenvalue weighted by Gasteiger charge is -2.05. The lowest BCUT2D eigenvalue weighted by Crippen LogP contribution is -1.98. The van der Waals surface area contributed by atoms with Crippen LogP contribution in [-0.2, 0) is 22.4 Å². The predicted octanol–water partition coefficient (Wildman–Crippen LogP) is 2.87. The van der Waals surface area contributed by atoms with E-state index in [9.17, 15) is 9.59 Å². The molecule has 2 rings (SSSR count). The number of fused-ring (bicyclic) bond motifs is 1. The number of carboxylic acid groups (broad SMARTS) is 2. The second-order valence-electron chi connectivity index (χ2n) is 4.80. The molecule has 104 valence electrons. The topological polar surface area (TPSA) is 74.6 Å². The number of hydrogen-bond donors (Lipinski definition) is 2.